The molecule has 4 rings (SSSR count). The number of phenolic OH excluding ortho intramolecular Hbond substituents is 1. The van der Waals surface area contributed by atoms with Crippen molar-refractivity contribution in [3.05, 3.63) is 50.0 Å². The summed E-state index contributed by atoms with van der Waals surface area (Å²) in [7, 11) is -1.60. The molecule has 2 unspecified atom stereocenters. The molecule has 0 aliphatic heterocycles. The number of benzene rings is 1. The third kappa shape index (κ3) is 5.22. The molecule has 9 N–H and O–H groups in total. The molecule has 18 heteroatoms. The number of nitro groups is 1. The Morgan fingerprint density at radius 2 is 1.80 bits per heavy atom. The first-order chi connectivity index (χ1) is 18.8. The van der Waals surface area contributed by atoms with Crippen LogP contribution in [0.5, 0.6) is 5.75 Å². The summed E-state index contributed by atoms with van der Waals surface area (Å²) in [5.41, 5.74) is 0.637. The Hall–Kier alpha value is -4.10. The van der Waals surface area contributed by atoms with Crippen molar-refractivity contribution in [3.63, 3.8) is 0 Å². The van der Waals surface area contributed by atoms with Gasteiger partial charge in [0.25, 0.3) is 5.91 Å². The summed E-state index contributed by atoms with van der Waals surface area (Å²) in [5.74, 6) is -8.17. The number of amides is 1. The predicted octanol–water partition coefficient (Wildman–Crippen LogP) is -0.192. The molecule has 41 heavy (non-hydrogen) atoms. The molecular formula is C23H28N4O13S. The number of ketones is 2. The molecule has 1 amide bonds. The second kappa shape index (κ2) is 10.7. The zero-order valence-corrected chi connectivity index (χ0v) is 22.7. The van der Waals surface area contributed by atoms with Crippen LogP contribution in [-0.4, -0.2) is 97.5 Å². The number of carbonyl (C=O) groups excluding carboxylic acids is 3. The number of fused-ring (bicyclic) bond motifs is 3. The number of nitrogens with one attached hydrogen (secondary N) is 1. The molecule has 0 heterocycles. The lowest BCUT2D eigenvalue weighted by Gasteiger charge is -2.50. The topological polar surface area (TPSA) is 291 Å². The fraction of sp³-hybridized carbons (Fsp3) is 0.435. The van der Waals surface area contributed by atoms with Crippen molar-refractivity contribution < 1.29 is 57.3 Å². The van der Waals surface area contributed by atoms with E-state index in [1.54, 1.807) is 6.92 Å². The number of hydrogen-bond acceptors (Lipinski definition) is 13. The van der Waals surface area contributed by atoms with Gasteiger partial charge in [0.15, 0.2) is 11.4 Å². The highest BCUT2D eigenvalue weighted by atomic mass is 32.3. The number of likely N-dealkylation sites (N-methyl/N-ethyl adjacent to an activating group) is 1. The summed E-state index contributed by atoms with van der Waals surface area (Å²) < 4.78 is 31.6. The van der Waals surface area contributed by atoms with Gasteiger partial charge in [0.2, 0.25) is 11.5 Å². The van der Waals surface area contributed by atoms with Crippen LogP contribution >= 0.6 is 0 Å². The number of aliphatic hydroxyl groups excluding tert-OH is 2. The van der Waals surface area contributed by atoms with Gasteiger partial charge in [0.1, 0.15) is 17.1 Å². The van der Waals surface area contributed by atoms with Crippen LogP contribution in [0.4, 0.5) is 11.4 Å². The number of nitro benzene ring substituents is 1. The lowest BCUT2D eigenvalue weighted by molar-refractivity contribution is -0.385. The number of aliphatic hydroxyl groups is 3. The number of allylic oxidation sites excluding steroid dienone is 1. The number of hydrogen-bond donors (Lipinski definition) is 8. The lowest BCUT2D eigenvalue weighted by Crippen LogP contribution is -2.63. The van der Waals surface area contributed by atoms with Gasteiger partial charge in [-0.1, -0.05) is 0 Å². The van der Waals surface area contributed by atoms with E-state index in [2.05, 4.69) is 5.32 Å². The van der Waals surface area contributed by atoms with Gasteiger partial charge in [-0.25, -0.2) is 0 Å². The number of anilines is 1. The van der Waals surface area contributed by atoms with Crippen LogP contribution in [0, 0.1) is 22.0 Å². The maximum atomic E-state index is 13.6. The molecule has 3 aliphatic rings. The van der Waals surface area contributed by atoms with Crippen molar-refractivity contribution in [2.45, 2.75) is 31.4 Å². The Kier molecular flexibility index (Phi) is 8.21. The number of aromatic hydroxyl groups is 1. The molecule has 0 saturated heterocycles. The fourth-order valence-corrected chi connectivity index (χ4v) is 5.79. The SMILES string of the molecule is CCNc1cc([N+](=O)[O-])c(O)c2c1CC1CC3[C@H](N(C)C)C(O)=C(C(N)=O)C(=O)[C@@]3(O)C(O)=C1C2=O.O=S(=O)(O)O. The first-order valence-corrected chi connectivity index (χ1v) is 13.3. The monoisotopic (exact) mass is 600 g/mol. The van der Waals surface area contributed by atoms with E-state index in [0.29, 0.717) is 6.54 Å². The maximum absolute atomic E-state index is 13.6. The van der Waals surface area contributed by atoms with E-state index in [4.69, 9.17) is 23.3 Å². The molecule has 1 aromatic rings. The summed E-state index contributed by atoms with van der Waals surface area (Å²) in [4.78, 5) is 51.0. The van der Waals surface area contributed by atoms with E-state index in [-0.39, 0.29) is 24.1 Å². The molecule has 1 aromatic carbocycles. The molecule has 4 atom stereocenters. The largest absolute Gasteiger partial charge is 0.510 e. The zero-order chi connectivity index (χ0) is 31.4. The summed E-state index contributed by atoms with van der Waals surface area (Å²) in [6, 6.07) is 0.0213. The zero-order valence-electron chi connectivity index (χ0n) is 21.9. The average Bonchev–Trinajstić information content (AvgIpc) is 2.81. The van der Waals surface area contributed by atoms with Gasteiger partial charge < -0.3 is 31.5 Å². The molecular weight excluding hydrogens is 572 g/mol. The van der Waals surface area contributed by atoms with Crippen LogP contribution in [0.1, 0.15) is 29.3 Å². The number of nitrogens with zero attached hydrogens (tertiary/aromatic N) is 2. The minimum Gasteiger partial charge on any atom is -0.510 e. The molecule has 3 aliphatic carbocycles. The van der Waals surface area contributed by atoms with Gasteiger partial charge in [-0.05, 0) is 45.3 Å². The number of Topliss-reactive ketones (excluding diaryl/α,β-unsaturated/α-hetero) is 2. The van der Waals surface area contributed by atoms with Gasteiger partial charge in [0, 0.05) is 29.8 Å². The molecule has 17 nitrogen and oxygen atoms in total. The van der Waals surface area contributed by atoms with Gasteiger partial charge in [0.05, 0.1) is 16.5 Å². The normalized spacial score (nSPS) is 25.6. The van der Waals surface area contributed by atoms with Crippen molar-refractivity contribution in [3.8, 4) is 5.75 Å². The Balaban J connectivity index is 0.000000850. The van der Waals surface area contributed by atoms with Gasteiger partial charge in [-0.15, -0.1) is 0 Å². The molecule has 0 fully saturated rings. The standard InChI is InChI=1S/C23H26N4O9.H2O4S/c1-4-25-11-7-12(27(35)36)17(28)14-9(11)5-8-6-10-16(26(2)3)19(30)15(22(24)33)21(32)23(10,34)20(31)13(8)18(14)29;1-5(2,3)4/h7-8,10,16,25,28,30-31,34H,4-6H2,1-3H3,(H2,24,33);(H2,1,2,3,4)/t8?,10?,16-,23-;/m0./s1. The summed E-state index contributed by atoms with van der Waals surface area (Å²) in [5, 5.41) is 58.6. The van der Waals surface area contributed by atoms with Gasteiger partial charge >= 0.3 is 16.1 Å². The van der Waals surface area contributed by atoms with E-state index in [1.165, 1.54) is 19.0 Å². The summed E-state index contributed by atoms with van der Waals surface area (Å²) >= 11 is 0. The second-order valence-electron chi connectivity index (χ2n) is 9.84. The van der Waals surface area contributed by atoms with Crippen molar-refractivity contribution >= 4 is 39.2 Å². The molecule has 224 valence electrons. The molecule has 0 aromatic heterocycles. The maximum Gasteiger partial charge on any atom is 0.394 e. The Labute approximate surface area is 232 Å². The van der Waals surface area contributed by atoms with Crippen molar-refractivity contribution in [1.29, 1.82) is 0 Å². The number of rotatable bonds is 5. The van der Waals surface area contributed by atoms with Crippen LogP contribution < -0.4 is 11.1 Å². The smallest absolute Gasteiger partial charge is 0.394 e. The highest BCUT2D eigenvalue weighted by Gasteiger charge is 2.63. The number of carbonyl (C=O) groups is 3. The predicted molar refractivity (Wildman–Crippen MR) is 139 cm³/mol. The van der Waals surface area contributed by atoms with Crippen LogP contribution in [-0.2, 0) is 26.4 Å². The minimum atomic E-state index is -4.67. The average molecular weight is 601 g/mol. The Morgan fingerprint density at radius 1 is 1.24 bits per heavy atom. The molecule has 0 bridgehead atoms. The van der Waals surface area contributed by atoms with E-state index in [1.807, 2.05) is 0 Å². The minimum absolute atomic E-state index is 0.0302. The molecule has 0 spiro atoms. The second-order valence-corrected chi connectivity index (χ2v) is 10.7. The fourth-order valence-electron chi connectivity index (χ4n) is 5.79. The number of nitrogens with two attached hydrogens (primary N) is 1. The summed E-state index contributed by atoms with van der Waals surface area (Å²) in [6.45, 7) is 2.10. The highest BCUT2D eigenvalue weighted by Crippen LogP contribution is 2.53. The van der Waals surface area contributed by atoms with Gasteiger partial charge in [-0.2, -0.15) is 8.42 Å². The van der Waals surface area contributed by atoms with Crippen molar-refractivity contribution in [1.82, 2.24) is 4.90 Å². The van der Waals surface area contributed by atoms with E-state index >= 15 is 0 Å². The summed E-state index contributed by atoms with van der Waals surface area (Å²) in [6.07, 6.45) is -0.0441. The Morgan fingerprint density at radius 3 is 2.27 bits per heavy atom. The van der Waals surface area contributed by atoms with E-state index in [9.17, 15) is 44.9 Å². The number of phenols is 1. The van der Waals surface area contributed by atoms with Crippen LogP contribution in [0.2, 0.25) is 0 Å². The first kappa shape index (κ1) is 31.4. The molecule has 0 saturated carbocycles. The Bertz CT molecular complexity index is 1520. The molecule has 0 radical (unpaired) electrons. The first-order valence-electron chi connectivity index (χ1n) is 11.9. The van der Waals surface area contributed by atoms with E-state index < -0.39 is 95.9 Å². The highest BCUT2D eigenvalue weighted by molar-refractivity contribution is 7.79. The number of primary amides is 1. The van der Waals surface area contributed by atoms with Crippen LogP contribution in [0.15, 0.2) is 28.7 Å². The van der Waals surface area contributed by atoms with Crippen molar-refractivity contribution in [2.24, 2.45) is 17.6 Å². The van der Waals surface area contributed by atoms with Gasteiger partial charge in [-0.3, -0.25) is 38.5 Å². The van der Waals surface area contributed by atoms with E-state index in [0.717, 1.165) is 6.07 Å². The third-order valence-corrected chi connectivity index (χ3v) is 7.27. The third-order valence-electron chi connectivity index (χ3n) is 7.27. The lowest BCUT2D eigenvalue weighted by atomic mass is 9.58. The van der Waals surface area contributed by atoms with Crippen LogP contribution in [0.3, 0.4) is 0 Å². The van der Waals surface area contributed by atoms with Crippen molar-refractivity contribution in [2.75, 3.05) is 26.0 Å². The quantitative estimate of drug-likeness (QED) is 0.0714. The van der Waals surface area contributed by atoms with Crippen LogP contribution in [0.25, 0.3) is 0 Å².